The molecule has 2 heterocycles. The molecular weight excluding hydrogens is 341 g/mol. The van der Waals surface area contributed by atoms with Crippen molar-refractivity contribution in [2.75, 3.05) is 7.05 Å². The number of guanidine groups is 1. The molecule has 0 spiro atoms. The maximum Gasteiger partial charge on any atom is 0.191 e. The second-order valence-electron chi connectivity index (χ2n) is 4.69. The summed E-state index contributed by atoms with van der Waals surface area (Å²) in [6.07, 6.45) is 2.94. The van der Waals surface area contributed by atoms with Crippen molar-refractivity contribution in [2.45, 2.75) is 26.4 Å². The first-order valence-corrected chi connectivity index (χ1v) is 8.50. The van der Waals surface area contributed by atoms with Gasteiger partial charge in [0.1, 0.15) is 10.2 Å². The summed E-state index contributed by atoms with van der Waals surface area (Å²) in [4.78, 5) is 9.86. The topological polar surface area (TPSA) is 54.2 Å². The molecule has 8 heteroatoms. The van der Waals surface area contributed by atoms with Crippen LogP contribution in [-0.2, 0) is 26.6 Å². The maximum atomic E-state index is 6.06. The van der Waals surface area contributed by atoms with Crippen molar-refractivity contribution in [3.63, 3.8) is 0 Å². The molecule has 2 aromatic heterocycles. The first kappa shape index (κ1) is 17.1. The minimum absolute atomic E-state index is 0.538. The Hall–Kier alpha value is -1.24. The highest BCUT2D eigenvalue weighted by Crippen LogP contribution is 2.24. The van der Waals surface area contributed by atoms with Crippen LogP contribution < -0.4 is 10.6 Å². The zero-order valence-electron chi connectivity index (χ0n) is 12.8. The van der Waals surface area contributed by atoms with Crippen molar-refractivity contribution >= 4 is 40.5 Å². The fraction of sp³-hybridized carbons (Fsp3) is 0.429. The number of thiazole rings is 1. The lowest BCUT2D eigenvalue weighted by atomic mass is 10.4. The number of halogens is 2. The van der Waals surface area contributed by atoms with Crippen molar-refractivity contribution < 1.29 is 0 Å². The predicted molar refractivity (Wildman–Crippen MR) is 94.0 cm³/mol. The van der Waals surface area contributed by atoms with Gasteiger partial charge in [0.2, 0.25) is 0 Å². The van der Waals surface area contributed by atoms with Gasteiger partial charge in [-0.25, -0.2) is 4.98 Å². The van der Waals surface area contributed by atoms with E-state index in [0.29, 0.717) is 29.2 Å². The molecule has 0 saturated heterocycles. The second kappa shape index (κ2) is 7.85. The van der Waals surface area contributed by atoms with Gasteiger partial charge in [0, 0.05) is 30.9 Å². The molecule has 0 unspecified atom stereocenters. The summed E-state index contributed by atoms with van der Waals surface area (Å²) in [5, 5.41) is 8.62. The molecule has 0 atom stereocenters. The minimum atomic E-state index is 0.538. The number of aliphatic imine (C=N–C) groups is 1. The third-order valence-corrected chi connectivity index (χ3v) is 5.22. The lowest BCUT2D eigenvalue weighted by Crippen LogP contribution is -2.36. The Morgan fingerprint density at radius 2 is 2.09 bits per heavy atom. The van der Waals surface area contributed by atoms with Crippen LogP contribution >= 0.6 is 34.5 Å². The van der Waals surface area contributed by atoms with Crippen molar-refractivity contribution in [1.29, 1.82) is 0 Å². The van der Waals surface area contributed by atoms with Crippen LogP contribution in [0.5, 0.6) is 0 Å². The Balaban J connectivity index is 1.88. The number of nitrogens with zero attached hydrogens (tertiary/aromatic N) is 3. The molecule has 0 aliphatic rings. The molecule has 2 aromatic rings. The summed E-state index contributed by atoms with van der Waals surface area (Å²) in [6.45, 7) is 3.36. The average molecular weight is 360 g/mol. The standard InChI is InChI=1S/C14H19Cl2N5S/c1-4-10-7-18-12(22-10)8-20-14(17-2)19-6-9-5-11(15)13(16)21(9)3/h5,7H,4,6,8H2,1-3H3,(H2,17,19,20). The first-order chi connectivity index (χ1) is 10.5. The van der Waals surface area contributed by atoms with E-state index in [1.165, 1.54) is 4.88 Å². The highest BCUT2D eigenvalue weighted by atomic mass is 35.5. The second-order valence-corrected chi connectivity index (χ2v) is 6.65. The zero-order chi connectivity index (χ0) is 16.1. The molecule has 0 aliphatic carbocycles. The van der Waals surface area contributed by atoms with Crippen LogP contribution in [0.2, 0.25) is 10.2 Å². The van der Waals surface area contributed by atoms with E-state index in [4.69, 9.17) is 23.2 Å². The molecule has 0 saturated carbocycles. The molecule has 22 heavy (non-hydrogen) atoms. The van der Waals surface area contributed by atoms with Gasteiger partial charge in [-0.2, -0.15) is 0 Å². The molecular formula is C14H19Cl2N5S. The third-order valence-electron chi connectivity index (χ3n) is 3.23. The Labute approximate surface area is 144 Å². The number of hydrogen-bond donors (Lipinski definition) is 2. The van der Waals surface area contributed by atoms with E-state index in [9.17, 15) is 0 Å². The van der Waals surface area contributed by atoms with Crippen molar-refractivity contribution in [3.05, 3.63) is 38.0 Å². The van der Waals surface area contributed by atoms with Gasteiger partial charge in [-0.15, -0.1) is 11.3 Å². The van der Waals surface area contributed by atoms with Crippen molar-refractivity contribution in [2.24, 2.45) is 12.0 Å². The Morgan fingerprint density at radius 3 is 2.64 bits per heavy atom. The molecule has 0 aromatic carbocycles. The fourth-order valence-electron chi connectivity index (χ4n) is 1.91. The molecule has 2 rings (SSSR count). The number of rotatable bonds is 5. The van der Waals surface area contributed by atoms with E-state index in [0.717, 1.165) is 17.1 Å². The summed E-state index contributed by atoms with van der Waals surface area (Å²) >= 11 is 13.8. The van der Waals surface area contributed by atoms with E-state index >= 15 is 0 Å². The molecule has 0 amide bonds. The number of aromatic nitrogens is 2. The highest BCUT2D eigenvalue weighted by molar-refractivity contribution is 7.11. The molecule has 120 valence electrons. The molecule has 0 radical (unpaired) electrons. The lowest BCUT2D eigenvalue weighted by Gasteiger charge is -2.11. The smallest absolute Gasteiger partial charge is 0.191 e. The number of aryl methyl sites for hydroxylation is 1. The fourth-order valence-corrected chi connectivity index (χ4v) is 3.12. The van der Waals surface area contributed by atoms with Crippen molar-refractivity contribution in [3.8, 4) is 0 Å². The number of nitrogens with one attached hydrogen (secondary N) is 2. The monoisotopic (exact) mass is 359 g/mol. The minimum Gasteiger partial charge on any atom is -0.351 e. The van der Waals surface area contributed by atoms with Crippen LogP contribution in [0.4, 0.5) is 0 Å². The van der Waals surface area contributed by atoms with Gasteiger partial charge < -0.3 is 15.2 Å². The number of hydrogen-bond acceptors (Lipinski definition) is 3. The summed E-state index contributed by atoms with van der Waals surface area (Å²) in [6, 6.07) is 1.85. The normalized spacial score (nSPS) is 11.8. The van der Waals surface area contributed by atoms with Crippen LogP contribution in [0.15, 0.2) is 17.3 Å². The Kier molecular flexibility index (Phi) is 6.11. The van der Waals surface area contributed by atoms with E-state index in [-0.39, 0.29) is 0 Å². The molecule has 2 N–H and O–H groups in total. The average Bonchev–Trinajstić information content (AvgIpc) is 3.08. The van der Waals surface area contributed by atoms with Gasteiger partial charge in [0.05, 0.1) is 18.1 Å². The molecule has 0 fully saturated rings. The van der Waals surface area contributed by atoms with Gasteiger partial charge in [-0.05, 0) is 12.5 Å². The van der Waals surface area contributed by atoms with Gasteiger partial charge in [0.15, 0.2) is 5.96 Å². The highest BCUT2D eigenvalue weighted by Gasteiger charge is 2.09. The van der Waals surface area contributed by atoms with Gasteiger partial charge in [0.25, 0.3) is 0 Å². The predicted octanol–water partition coefficient (Wildman–Crippen LogP) is 3.22. The Morgan fingerprint density at radius 1 is 1.36 bits per heavy atom. The Bertz CT molecular complexity index is 662. The molecule has 0 aliphatic heterocycles. The molecule has 0 bridgehead atoms. The lowest BCUT2D eigenvalue weighted by molar-refractivity contribution is 0.749. The van der Waals surface area contributed by atoms with Gasteiger partial charge in [-0.1, -0.05) is 30.1 Å². The summed E-state index contributed by atoms with van der Waals surface area (Å²) in [5.41, 5.74) is 0.987. The van der Waals surface area contributed by atoms with Crippen molar-refractivity contribution in [1.82, 2.24) is 20.2 Å². The SMILES string of the molecule is CCc1cnc(CNC(=NC)NCc2cc(Cl)c(Cl)n2C)s1. The van der Waals surface area contributed by atoms with Crippen LogP contribution in [0, 0.1) is 0 Å². The van der Waals surface area contributed by atoms with E-state index in [2.05, 4.69) is 27.5 Å². The van der Waals surface area contributed by atoms with E-state index in [1.54, 1.807) is 18.4 Å². The summed E-state index contributed by atoms with van der Waals surface area (Å²) in [7, 11) is 3.61. The molecule has 5 nitrogen and oxygen atoms in total. The largest absolute Gasteiger partial charge is 0.351 e. The van der Waals surface area contributed by atoms with Crippen LogP contribution in [-0.4, -0.2) is 22.6 Å². The van der Waals surface area contributed by atoms with Crippen LogP contribution in [0.25, 0.3) is 0 Å². The third kappa shape index (κ3) is 4.15. The first-order valence-electron chi connectivity index (χ1n) is 6.92. The van der Waals surface area contributed by atoms with Crippen LogP contribution in [0.1, 0.15) is 22.5 Å². The van der Waals surface area contributed by atoms with Crippen LogP contribution in [0.3, 0.4) is 0 Å². The summed E-state index contributed by atoms with van der Waals surface area (Å²) in [5.74, 6) is 0.710. The van der Waals surface area contributed by atoms with Gasteiger partial charge >= 0.3 is 0 Å². The maximum absolute atomic E-state index is 6.06. The van der Waals surface area contributed by atoms with E-state index in [1.807, 2.05) is 23.9 Å². The quantitative estimate of drug-likeness (QED) is 0.636. The zero-order valence-corrected chi connectivity index (χ0v) is 15.1. The summed E-state index contributed by atoms with van der Waals surface area (Å²) < 4.78 is 1.85. The van der Waals surface area contributed by atoms with E-state index < -0.39 is 0 Å². The van der Waals surface area contributed by atoms with Gasteiger partial charge in [-0.3, -0.25) is 4.99 Å².